The van der Waals surface area contributed by atoms with Gasteiger partial charge in [0.05, 0.1) is 17.7 Å². The Morgan fingerprint density at radius 1 is 1.19 bits per heavy atom. The Labute approximate surface area is 149 Å². The van der Waals surface area contributed by atoms with Crippen LogP contribution in [0.1, 0.15) is 5.56 Å². The van der Waals surface area contributed by atoms with E-state index in [2.05, 4.69) is 5.32 Å². The van der Waals surface area contributed by atoms with Crippen molar-refractivity contribution in [2.24, 2.45) is 0 Å². The predicted octanol–water partition coefficient (Wildman–Crippen LogP) is 2.80. The van der Waals surface area contributed by atoms with Gasteiger partial charge >= 0.3 is 5.97 Å². The Bertz CT molecular complexity index is 847. The van der Waals surface area contributed by atoms with E-state index in [1.807, 2.05) is 0 Å². The number of nitro groups is 1. The Morgan fingerprint density at radius 3 is 2.69 bits per heavy atom. The smallest absolute Gasteiger partial charge is 0.331 e. The Kier molecular flexibility index (Phi) is 6.44. The molecule has 0 aromatic heterocycles. The van der Waals surface area contributed by atoms with Crippen molar-refractivity contribution in [3.8, 4) is 5.75 Å². The van der Waals surface area contributed by atoms with Crippen LogP contribution in [0.4, 0.5) is 11.4 Å². The van der Waals surface area contributed by atoms with Crippen LogP contribution in [0.15, 0.2) is 54.6 Å². The van der Waals surface area contributed by atoms with Gasteiger partial charge in [0, 0.05) is 18.2 Å². The van der Waals surface area contributed by atoms with Crippen LogP contribution in [0, 0.1) is 10.1 Å². The summed E-state index contributed by atoms with van der Waals surface area (Å²) in [7, 11) is 1.48. The van der Waals surface area contributed by atoms with Gasteiger partial charge in [-0.1, -0.05) is 24.3 Å². The van der Waals surface area contributed by atoms with E-state index >= 15 is 0 Å². The standard InChI is InChI=1S/C18H16N2O6/c1-25-16-8-3-2-7-15(16)19-17(21)12-26-18(22)10-9-13-5-4-6-14(11-13)20(23)24/h2-11H,12H2,1H3,(H,19,21)/b10-9+. The molecule has 134 valence electrons. The topological polar surface area (TPSA) is 108 Å². The second kappa shape index (κ2) is 8.97. The summed E-state index contributed by atoms with van der Waals surface area (Å²) in [6.45, 7) is -0.476. The number of esters is 1. The summed E-state index contributed by atoms with van der Waals surface area (Å²) in [5.74, 6) is -0.781. The van der Waals surface area contributed by atoms with E-state index in [4.69, 9.17) is 9.47 Å². The van der Waals surface area contributed by atoms with Crippen LogP contribution in [0.5, 0.6) is 5.75 Å². The van der Waals surface area contributed by atoms with Gasteiger partial charge in [0.1, 0.15) is 5.75 Å². The van der Waals surface area contributed by atoms with Gasteiger partial charge in [-0.25, -0.2) is 4.79 Å². The zero-order valence-electron chi connectivity index (χ0n) is 13.9. The molecule has 0 fully saturated rings. The molecule has 8 nitrogen and oxygen atoms in total. The molecule has 26 heavy (non-hydrogen) atoms. The molecular weight excluding hydrogens is 340 g/mol. The van der Waals surface area contributed by atoms with Gasteiger partial charge in [0.2, 0.25) is 0 Å². The number of anilines is 1. The highest BCUT2D eigenvalue weighted by atomic mass is 16.6. The zero-order valence-corrected chi connectivity index (χ0v) is 13.9. The largest absolute Gasteiger partial charge is 0.495 e. The van der Waals surface area contributed by atoms with Gasteiger partial charge in [-0.15, -0.1) is 0 Å². The van der Waals surface area contributed by atoms with Crippen molar-refractivity contribution < 1.29 is 24.0 Å². The highest BCUT2D eigenvalue weighted by Crippen LogP contribution is 2.22. The molecule has 0 unspecified atom stereocenters. The molecular formula is C18H16N2O6. The minimum Gasteiger partial charge on any atom is -0.495 e. The Morgan fingerprint density at radius 2 is 1.96 bits per heavy atom. The summed E-state index contributed by atoms with van der Waals surface area (Å²) in [5, 5.41) is 13.3. The number of para-hydroxylation sites is 2. The molecule has 0 saturated heterocycles. The van der Waals surface area contributed by atoms with E-state index in [0.29, 0.717) is 17.0 Å². The summed E-state index contributed by atoms with van der Waals surface area (Å²) < 4.78 is 9.94. The number of nitro benzene ring substituents is 1. The van der Waals surface area contributed by atoms with Gasteiger partial charge in [-0.2, -0.15) is 0 Å². The Hall–Kier alpha value is -3.68. The van der Waals surface area contributed by atoms with E-state index in [1.165, 1.54) is 31.4 Å². The van der Waals surface area contributed by atoms with Crippen molar-refractivity contribution >= 4 is 29.3 Å². The third kappa shape index (κ3) is 5.45. The first-order chi connectivity index (χ1) is 12.5. The van der Waals surface area contributed by atoms with Gasteiger partial charge in [-0.05, 0) is 23.8 Å². The highest BCUT2D eigenvalue weighted by molar-refractivity contribution is 5.95. The lowest BCUT2D eigenvalue weighted by atomic mass is 10.2. The summed E-state index contributed by atoms with van der Waals surface area (Å²) in [5.41, 5.74) is 0.842. The van der Waals surface area contributed by atoms with Gasteiger partial charge in [0.15, 0.2) is 6.61 Å². The average molecular weight is 356 g/mol. The molecule has 0 radical (unpaired) electrons. The molecule has 0 aliphatic heterocycles. The number of nitrogens with zero attached hydrogens (tertiary/aromatic N) is 1. The maximum atomic E-state index is 11.8. The van der Waals surface area contributed by atoms with Gasteiger partial charge in [0.25, 0.3) is 11.6 Å². The number of ether oxygens (including phenoxy) is 2. The number of hydrogen-bond donors (Lipinski definition) is 1. The summed E-state index contributed by atoms with van der Waals surface area (Å²) >= 11 is 0. The normalized spacial score (nSPS) is 10.3. The maximum Gasteiger partial charge on any atom is 0.331 e. The zero-order chi connectivity index (χ0) is 18.9. The lowest BCUT2D eigenvalue weighted by molar-refractivity contribution is -0.384. The second-order valence-electron chi connectivity index (χ2n) is 5.04. The first kappa shape index (κ1) is 18.7. The fraction of sp³-hybridized carbons (Fsp3) is 0.111. The molecule has 2 aromatic carbocycles. The monoisotopic (exact) mass is 356 g/mol. The summed E-state index contributed by atoms with van der Waals surface area (Å²) in [6, 6.07) is 12.6. The molecule has 0 heterocycles. The molecule has 1 amide bonds. The quantitative estimate of drug-likeness (QED) is 0.354. The third-order valence-electron chi connectivity index (χ3n) is 3.22. The number of non-ortho nitro benzene ring substituents is 1. The number of amides is 1. The third-order valence-corrected chi connectivity index (χ3v) is 3.22. The van der Waals surface area contributed by atoms with Gasteiger partial charge < -0.3 is 14.8 Å². The number of rotatable bonds is 7. The fourth-order valence-electron chi connectivity index (χ4n) is 2.03. The van der Waals surface area contributed by atoms with Crippen LogP contribution in [-0.4, -0.2) is 30.5 Å². The van der Waals surface area contributed by atoms with E-state index in [9.17, 15) is 19.7 Å². The van der Waals surface area contributed by atoms with Crippen LogP contribution >= 0.6 is 0 Å². The van der Waals surface area contributed by atoms with Crippen LogP contribution in [-0.2, 0) is 14.3 Å². The van der Waals surface area contributed by atoms with Gasteiger partial charge in [-0.3, -0.25) is 14.9 Å². The number of carbonyl (C=O) groups is 2. The molecule has 0 bridgehead atoms. The number of nitrogens with one attached hydrogen (secondary N) is 1. The van der Waals surface area contributed by atoms with E-state index in [1.54, 1.807) is 30.3 Å². The molecule has 8 heteroatoms. The predicted molar refractivity (Wildman–Crippen MR) is 94.7 cm³/mol. The van der Waals surface area contributed by atoms with Crippen molar-refractivity contribution in [3.63, 3.8) is 0 Å². The second-order valence-corrected chi connectivity index (χ2v) is 5.04. The van der Waals surface area contributed by atoms with Crippen molar-refractivity contribution in [2.75, 3.05) is 19.0 Å². The lowest BCUT2D eigenvalue weighted by Crippen LogP contribution is -2.20. The molecule has 0 spiro atoms. The van der Waals surface area contributed by atoms with Crippen molar-refractivity contribution in [1.82, 2.24) is 0 Å². The molecule has 0 atom stereocenters. The average Bonchev–Trinajstić information content (AvgIpc) is 2.65. The molecule has 0 aliphatic carbocycles. The van der Waals surface area contributed by atoms with Crippen LogP contribution < -0.4 is 10.1 Å². The molecule has 1 N–H and O–H groups in total. The first-order valence-electron chi connectivity index (χ1n) is 7.52. The molecule has 2 rings (SSSR count). The number of methoxy groups -OCH3 is 1. The number of benzene rings is 2. The highest BCUT2D eigenvalue weighted by Gasteiger charge is 2.09. The molecule has 0 aliphatic rings. The number of carbonyl (C=O) groups excluding carboxylic acids is 2. The minimum absolute atomic E-state index is 0.0864. The Balaban J connectivity index is 1.87. The van der Waals surface area contributed by atoms with Crippen LogP contribution in [0.2, 0.25) is 0 Å². The molecule has 2 aromatic rings. The maximum absolute atomic E-state index is 11.8. The lowest BCUT2D eigenvalue weighted by Gasteiger charge is -2.09. The van der Waals surface area contributed by atoms with Crippen molar-refractivity contribution in [2.45, 2.75) is 0 Å². The van der Waals surface area contributed by atoms with E-state index in [-0.39, 0.29) is 5.69 Å². The summed E-state index contributed by atoms with van der Waals surface area (Å²) in [4.78, 5) is 33.7. The molecule has 0 saturated carbocycles. The SMILES string of the molecule is COc1ccccc1NC(=O)COC(=O)/C=C/c1cccc([N+](=O)[O-])c1. The summed E-state index contributed by atoms with van der Waals surface area (Å²) in [6.07, 6.45) is 2.46. The van der Waals surface area contributed by atoms with Crippen LogP contribution in [0.25, 0.3) is 6.08 Å². The number of hydrogen-bond acceptors (Lipinski definition) is 6. The van der Waals surface area contributed by atoms with Crippen molar-refractivity contribution in [1.29, 1.82) is 0 Å². The fourth-order valence-corrected chi connectivity index (χ4v) is 2.03. The van der Waals surface area contributed by atoms with Crippen molar-refractivity contribution in [3.05, 3.63) is 70.3 Å². The first-order valence-corrected chi connectivity index (χ1v) is 7.52. The minimum atomic E-state index is -0.744. The van der Waals surface area contributed by atoms with E-state index < -0.39 is 23.4 Å². The van der Waals surface area contributed by atoms with E-state index in [0.717, 1.165) is 6.08 Å². The van der Waals surface area contributed by atoms with Crippen LogP contribution in [0.3, 0.4) is 0 Å².